The van der Waals surface area contributed by atoms with Crippen LogP contribution in [0.4, 0.5) is 0 Å². The molecule has 0 radical (unpaired) electrons. The second-order valence-corrected chi connectivity index (χ2v) is 12.8. The Morgan fingerprint density at radius 3 is 1.80 bits per heavy atom. The van der Waals surface area contributed by atoms with Gasteiger partial charge in [0.2, 0.25) is 6.10 Å². The molecule has 0 aromatic rings. The van der Waals surface area contributed by atoms with Crippen molar-refractivity contribution < 1.29 is 62.4 Å². The minimum absolute atomic E-state index is 0.368. The number of Topliss-reactive ketones (excluding diaryl/α,β-unsaturated/α-hetero) is 2. The van der Waals surface area contributed by atoms with Crippen LogP contribution < -0.4 is 0 Å². The Bertz CT molecular complexity index is 1290. The lowest BCUT2D eigenvalue weighted by Crippen LogP contribution is -2.58. The highest BCUT2D eigenvalue weighted by atomic mass is 16.6. The molecule has 250 valence electrons. The number of aliphatic hydroxyl groups is 1. The van der Waals surface area contributed by atoms with E-state index in [1.54, 1.807) is 0 Å². The summed E-state index contributed by atoms with van der Waals surface area (Å²) in [6, 6.07) is 0. The van der Waals surface area contributed by atoms with Crippen LogP contribution in [0.2, 0.25) is 0 Å². The van der Waals surface area contributed by atoms with Crippen LogP contribution in [0, 0.1) is 23.2 Å². The second kappa shape index (κ2) is 13.6. The molecule has 2 rings (SSSR count). The minimum Gasteiger partial charge on any atom is -0.459 e. The molecule has 8 atom stereocenters. The smallest absolute Gasteiger partial charge is 0.309 e. The number of hydrogen-bond donors (Lipinski definition) is 1. The summed E-state index contributed by atoms with van der Waals surface area (Å²) < 4.78 is 28.1. The minimum atomic E-state index is -2.31. The van der Waals surface area contributed by atoms with Gasteiger partial charge < -0.3 is 28.8 Å². The van der Waals surface area contributed by atoms with Crippen LogP contribution in [0.3, 0.4) is 0 Å². The number of allylic oxidation sites excluding steroid dienone is 2. The van der Waals surface area contributed by atoms with Gasteiger partial charge in [-0.1, -0.05) is 39.5 Å². The molecule has 0 aliphatic heterocycles. The van der Waals surface area contributed by atoms with Gasteiger partial charge in [0.25, 0.3) is 0 Å². The van der Waals surface area contributed by atoms with E-state index in [0.717, 1.165) is 27.7 Å². The van der Waals surface area contributed by atoms with Gasteiger partial charge in [-0.2, -0.15) is 0 Å². The van der Waals surface area contributed by atoms with Gasteiger partial charge in [0, 0.05) is 51.0 Å². The number of fused-ring (bicyclic) bond motifs is 1. The van der Waals surface area contributed by atoms with Crippen molar-refractivity contribution in [2.75, 3.05) is 0 Å². The molecular weight excluding hydrogens is 592 g/mol. The zero-order valence-electron chi connectivity index (χ0n) is 27.5. The van der Waals surface area contributed by atoms with Crippen molar-refractivity contribution in [3.63, 3.8) is 0 Å². The highest BCUT2D eigenvalue weighted by molar-refractivity contribution is 5.95. The van der Waals surface area contributed by atoms with Crippen molar-refractivity contribution in [3.8, 4) is 0 Å². The first kappa shape index (κ1) is 37.3. The van der Waals surface area contributed by atoms with E-state index in [1.165, 1.54) is 53.7 Å². The van der Waals surface area contributed by atoms with Crippen LogP contribution in [-0.4, -0.2) is 82.1 Å². The Morgan fingerprint density at radius 2 is 1.33 bits per heavy atom. The van der Waals surface area contributed by atoms with Crippen molar-refractivity contribution in [3.05, 3.63) is 24.3 Å². The monoisotopic (exact) mass is 636 g/mol. The van der Waals surface area contributed by atoms with Crippen molar-refractivity contribution in [2.24, 2.45) is 23.2 Å². The number of hydrogen-bond acceptors (Lipinski definition) is 13. The van der Waals surface area contributed by atoms with Gasteiger partial charge in [0.05, 0.1) is 11.8 Å². The quantitative estimate of drug-likeness (QED) is 0.255. The molecule has 1 N–H and O–H groups in total. The molecule has 2 aliphatic rings. The number of esters is 5. The van der Waals surface area contributed by atoms with E-state index < -0.39 is 107 Å². The maximum Gasteiger partial charge on any atom is 0.309 e. The molecule has 0 amide bonds. The topological polar surface area (TPSA) is 186 Å². The molecule has 0 saturated heterocycles. The van der Waals surface area contributed by atoms with Gasteiger partial charge in [-0.15, -0.1) is 0 Å². The molecular formula is C32H44O13. The molecule has 1 saturated carbocycles. The molecule has 0 unspecified atom stereocenters. The van der Waals surface area contributed by atoms with Crippen LogP contribution in [0.15, 0.2) is 24.3 Å². The summed E-state index contributed by atoms with van der Waals surface area (Å²) in [5.41, 5.74) is -6.17. The predicted molar refractivity (Wildman–Crippen MR) is 156 cm³/mol. The fourth-order valence-electron chi connectivity index (χ4n) is 5.88. The summed E-state index contributed by atoms with van der Waals surface area (Å²) in [4.78, 5) is 91.5. The Kier molecular flexibility index (Phi) is 11.3. The third-order valence-corrected chi connectivity index (χ3v) is 7.87. The molecule has 0 aromatic heterocycles. The molecule has 1 fully saturated rings. The predicted octanol–water partition coefficient (Wildman–Crippen LogP) is 2.35. The molecule has 0 heterocycles. The maximum absolute atomic E-state index is 14.4. The first-order chi connectivity index (χ1) is 20.5. The number of carbonyl (C=O) groups is 7. The first-order valence-electron chi connectivity index (χ1n) is 14.6. The fourth-order valence-corrected chi connectivity index (χ4v) is 5.88. The highest BCUT2D eigenvalue weighted by Crippen LogP contribution is 2.52. The second-order valence-electron chi connectivity index (χ2n) is 12.8. The van der Waals surface area contributed by atoms with Crippen molar-refractivity contribution in [1.82, 2.24) is 0 Å². The Labute approximate surface area is 262 Å². The van der Waals surface area contributed by atoms with Gasteiger partial charge >= 0.3 is 29.8 Å². The summed E-state index contributed by atoms with van der Waals surface area (Å²) in [6.45, 7) is 16.8. The Hall–Kier alpha value is -3.87. The lowest BCUT2D eigenvalue weighted by molar-refractivity contribution is -0.188. The molecule has 45 heavy (non-hydrogen) atoms. The van der Waals surface area contributed by atoms with Gasteiger partial charge in [-0.3, -0.25) is 33.6 Å². The summed E-state index contributed by atoms with van der Waals surface area (Å²) >= 11 is 0. The summed E-state index contributed by atoms with van der Waals surface area (Å²) in [7, 11) is 0. The average Bonchev–Trinajstić information content (AvgIpc) is 3.10. The fraction of sp³-hybridized carbons (Fsp3) is 0.656. The standard InChI is InChI=1S/C32H44O13/c1-15(2)29(39)44-25-24(42-19(6)34)17(4)23(41-18(5)33)22-28(43-20(7)35)31(11,40)14-32(22,45-21(8)36)26(37)16(3)12-13-30(9,10)27(25)38/h12-13,15-16,22-25,28,40H,4,14H2,1-3,5-11H3/b13-12+/t16-,22+,23-,24+,25-,28-,31-,32-/m1/s1. The van der Waals surface area contributed by atoms with E-state index in [9.17, 15) is 38.7 Å². The van der Waals surface area contributed by atoms with Crippen LogP contribution in [-0.2, 0) is 57.2 Å². The van der Waals surface area contributed by atoms with Crippen molar-refractivity contribution >= 4 is 41.4 Å². The molecule has 2 aliphatic carbocycles. The van der Waals surface area contributed by atoms with Crippen LogP contribution >= 0.6 is 0 Å². The lowest BCUT2D eigenvalue weighted by atomic mass is 9.72. The molecule has 0 aromatic carbocycles. The molecule has 13 heteroatoms. The summed E-state index contributed by atoms with van der Waals surface area (Å²) in [6.07, 6.45) is -4.95. The maximum atomic E-state index is 14.4. The number of ketones is 2. The third kappa shape index (κ3) is 8.05. The van der Waals surface area contributed by atoms with Crippen molar-refractivity contribution in [2.45, 2.75) is 111 Å². The van der Waals surface area contributed by atoms with E-state index in [4.69, 9.17) is 23.7 Å². The van der Waals surface area contributed by atoms with Crippen LogP contribution in [0.1, 0.15) is 75.7 Å². The zero-order chi connectivity index (χ0) is 34.8. The van der Waals surface area contributed by atoms with Gasteiger partial charge in [0.15, 0.2) is 23.3 Å². The first-order valence-corrected chi connectivity index (χ1v) is 14.6. The van der Waals surface area contributed by atoms with E-state index in [1.807, 2.05) is 0 Å². The summed E-state index contributed by atoms with van der Waals surface area (Å²) in [5, 5.41) is 11.6. The number of ether oxygens (including phenoxy) is 5. The van der Waals surface area contributed by atoms with Crippen molar-refractivity contribution in [1.29, 1.82) is 0 Å². The third-order valence-electron chi connectivity index (χ3n) is 7.87. The number of carbonyl (C=O) groups excluding carboxylic acids is 7. The largest absolute Gasteiger partial charge is 0.459 e. The zero-order valence-corrected chi connectivity index (χ0v) is 27.5. The van der Waals surface area contributed by atoms with E-state index in [-0.39, 0.29) is 5.57 Å². The molecule has 0 bridgehead atoms. The Balaban J connectivity index is 3.14. The van der Waals surface area contributed by atoms with Gasteiger partial charge in [0.1, 0.15) is 17.8 Å². The van der Waals surface area contributed by atoms with Crippen LogP contribution in [0.25, 0.3) is 0 Å². The molecule has 0 spiro atoms. The normalized spacial score (nSPS) is 34.0. The highest BCUT2D eigenvalue weighted by Gasteiger charge is 2.70. The Morgan fingerprint density at radius 1 is 0.822 bits per heavy atom. The van der Waals surface area contributed by atoms with E-state index in [2.05, 4.69) is 6.58 Å². The number of rotatable bonds is 6. The van der Waals surface area contributed by atoms with E-state index >= 15 is 0 Å². The summed E-state index contributed by atoms with van der Waals surface area (Å²) in [5.74, 6) is -9.56. The van der Waals surface area contributed by atoms with Gasteiger partial charge in [-0.25, -0.2) is 0 Å². The SMILES string of the molecule is C=C1[C@@H](OC(C)=O)[C@H]2[C@@H](OC(C)=O)[C@](C)(O)C[C@]2(OC(C)=O)C(=O)[C@H](C)/C=C/C(C)(C)C(=O)[C@H](OC(=O)C(C)C)[C@H]1OC(C)=O. The van der Waals surface area contributed by atoms with Gasteiger partial charge in [-0.05, 0) is 20.8 Å². The average molecular weight is 637 g/mol. The lowest BCUT2D eigenvalue weighted by Gasteiger charge is -2.42. The van der Waals surface area contributed by atoms with Crippen LogP contribution in [0.5, 0.6) is 0 Å². The van der Waals surface area contributed by atoms with E-state index in [0.29, 0.717) is 0 Å². The molecule has 13 nitrogen and oxygen atoms in total.